The molecule has 4 nitrogen and oxygen atoms in total. The van der Waals surface area contributed by atoms with Crippen molar-refractivity contribution in [3.05, 3.63) is 0 Å². The Balaban J connectivity index is 4.31. The lowest BCUT2D eigenvalue weighted by atomic mass is 9.94. The quantitative estimate of drug-likeness (QED) is 0.613. The summed E-state index contributed by atoms with van der Waals surface area (Å²) in [5.74, 6) is -0.0502. The molecule has 4 heteroatoms. The summed E-state index contributed by atoms with van der Waals surface area (Å²) in [5.41, 5.74) is -0.816. The van der Waals surface area contributed by atoms with Crippen molar-refractivity contribution in [2.45, 2.75) is 72.4 Å². The van der Waals surface area contributed by atoms with Crippen molar-refractivity contribution in [1.29, 1.82) is 0 Å². The van der Waals surface area contributed by atoms with Crippen molar-refractivity contribution in [2.75, 3.05) is 19.6 Å². The summed E-state index contributed by atoms with van der Waals surface area (Å²) in [6.07, 6.45) is 2.77. The number of carboxylic acids is 1. The summed E-state index contributed by atoms with van der Waals surface area (Å²) in [4.78, 5) is 13.9. The molecule has 0 aromatic heterocycles. The molecule has 0 aliphatic rings. The molecular formula is C16H34N2O2. The number of hydrogen-bond donors (Lipinski definition) is 2. The first-order valence-electron chi connectivity index (χ1n) is 7.98. The van der Waals surface area contributed by atoms with E-state index in [0.29, 0.717) is 12.3 Å². The maximum Gasteiger partial charge on any atom is 0.323 e. The smallest absolute Gasteiger partial charge is 0.323 e. The number of aliphatic carboxylic acids is 1. The highest BCUT2D eigenvalue weighted by Gasteiger charge is 2.32. The molecule has 0 aliphatic heterocycles. The third-order valence-electron chi connectivity index (χ3n) is 3.94. The molecule has 2 unspecified atom stereocenters. The van der Waals surface area contributed by atoms with Crippen molar-refractivity contribution < 1.29 is 9.90 Å². The van der Waals surface area contributed by atoms with Crippen LogP contribution in [0.25, 0.3) is 0 Å². The van der Waals surface area contributed by atoms with E-state index in [1.807, 2.05) is 13.8 Å². The SMILES string of the molecule is CCC(C)CN(CC)CCCC(C)(NC(C)C)C(=O)O. The Morgan fingerprint density at radius 3 is 2.30 bits per heavy atom. The van der Waals surface area contributed by atoms with E-state index in [4.69, 9.17) is 0 Å². The summed E-state index contributed by atoms with van der Waals surface area (Å²) < 4.78 is 0. The molecule has 0 bridgehead atoms. The summed E-state index contributed by atoms with van der Waals surface area (Å²) >= 11 is 0. The van der Waals surface area contributed by atoms with Crippen LogP contribution in [0.4, 0.5) is 0 Å². The zero-order chi connectivity index (χ0) is 15.8. The second-order valence-electron chi connectivity index (χ2n) is 6.45. The predicted octanol–water partition coefficient (Wildman–Crippen LogP) is 2.98. The molecule has 0 spiro atoms. The summed E-state index contributed by atoms with van der Waals surface area (Å²) in [7, 11) is 0. The van der Waals surface area contributed by atoms with Gasteiger partial charge in [0.05, 0.1) is 0 Å². The maximum absolute atomic E-state index is 11.4. The molecule has 2 N–H and O–H groups in total. The Morgan fingerprint density at radius 2 is 1.90 bits per heavy atom. The van der Waals surface area contributed by atoms with E-state index in [-0.39, 0.29) is 6.04 Å². The lowest BCUT2D eigenvalue weighted by molar-refractivity contribution is -0.144. The van der Waals surface area contributed by atoms with Gasteiger partial charge in [-0.2, -0.15) is 0 Å². The van der Waals surface area contributed by atoms with Gasteiger partial charge in [-0.3, -0.25) is 10.1 Å². The van der Waals surface area contributed by atoms with Gasteiger partial charge in [0.1, 0.15) is 5.54 Å². The van der Waals surface area contributed by atoms with E-state index in [1.54, 1.807) is 6.92 Å². The van der Waals surface area contributed by atoms with Crippen LogP contribution in [0.15, 0.2) is 0 Å². The zero-order valence-electron chi connectivity index (χ0n) is 14.2. The summed E-state index contributed by atoms with van der Waals surface area (Å²) in [6.45, 7) is 15.5. The minimum absolute atomic E-state index is 0.179. The molecule has 0 saturated carbocycles. The third kappa shape index (κ3) is 7.25. The van der Waals surface area contributed by atoms with Crippen molar-refractivity contribution in [3.63, 3.8) is 0 Å². The van der Waals surface area contributed by atoms with Gasteiger partial charge in [-0.15, -0.1) is 0 Å². The molecule has 2 atom stereocenters. The fraction of sp³-hybridized carbons (Fsp3) is 0.938. The number of carboxylic acid groups (broad SMARTS) is 1. The van der Waals surface area contributed by atoms with E-state index in [9.17, 15) is 9.90 Å². The van der Waals surface area contributed by atoms with Gasteiger partial charge in [0.25, 0.3) is 0 Å². The molecule has 0 radical (unpaired) electrons. The minimum Gasteiger partial charge on any atom is -0.480 e. The molecule has 20 heavy (non-hydrogen) atoms. The van der Waals surface area contributed by atoms with Gasteiger partial charge in [-0.1, -0.05) is 27.2 Å². The van der Waals surface area contributed by atoms with Crippen LogP contribution in [-0.4, -0.2) is 47.2 Å². The molecular weight excluding hydrogens is 252 g/mol. The van der Waals surface area contributed by atoms with E-state index < -0.39 is 11.5 Å². The standard InChI is InChI=1S/C16H34N2O2/c1-7-14(5)12-18(8-2)11-9-10-16(6,15(19)20)17-13(3)4/h13-14,17H,7-12H2,1-6H3,(H,19,20). The molecule has 120 valence electrons. The van der Waals surface area contributed by atoms with Crippen molar-refractivity contribution in [1.82, 2.24) is 10.2 Å². The fourth-order valence-corrected chi connectivity index (χ4v) is 2.48. The van der Waals surface area contributed by atoms with Crippen molar-refractivity contribution in [2.24, 2.45) is 5.92 Å². The van der Waals surface area contributed by atoms with Gasteiger partial charge >= 0.3 is 5.97 Å². The highest BCUT2D eigenvalue weighted by Crippen LogP contribution is 2.15. The first-order chi connectivity index (χ1) is 9.25. The van der Waals surface area contributed by atoms with Crippen molar-refractivity contribution >= 4 is 5.97 Å². The third-order valence-corrected chi connectivity index (χ3v) is 3.94. The Morgan fingerprint density at radius 1 is 1.30 bits per heavy atom. The molecule has 0 heterocycles. The Kier molecular flexibility index (Phi) is 9.06. The number of nitrogens with one attached hydrogen (secondary N) is 1. The van der Waals surface area contributed by atoms with Crippen LogP contribution in [0.5, 0.6) is 0 Å². The van der Waals surface area contributed by atoms with E-state index in [2.05, 4.69) is 31.0 Å². The molecule has 0 fully saturated rings. The van der Waals surface area contributed by atoms with Crippen LogP contribution < -0.4 is 5.32 Å². The van der Waals surface area contributed by atoms with Gasteiger partial charge in [-0.25, -0.2) is 0 Å². The zero-order valence-corrected chi connectivity index (χ0v) is 14.2. The highest BCUT2D eigenvalue weighted by atomic mass is 16.4. The Bertz CT molecular complexity index is 282. The normalized spacial score (nSPS) is 16.4. The number of carbonyl (C=O) groups is 1. The molecule has 0 amide bonds. The Hall–Kier alpha value is -0.610. The van der Waals surface area contributed by atoms with Gasteiger partial charge in [0.15, 0.2) is 0 Å². The average molecular weight is 286 g/mol. The predicted molar refractivity (Wildman–Crippen MR) is 85.1 cm³/mol. The molecule has 0 rings (SSSR count). The van der Waals surface area contributed by atoms with Gasteiger partial charge in [0.2, 0.25) is 0 Å². The van der Waals surface area contributed by atoms with E-state index in [1.165, 1.54) is 6.42 Å². The first-order valence-corrected chi connectivity index (χ1v) is 7.98. The van der Waals surface area contributed by atoms with Crippen LogP contribution in [-0.2, 0) is 4.79 Å². The average Bonchev–Trinajstić information content (AvgIpc) is 2.36. The molecule has 0 saturated heterocycles. The summed E-state index contributed by atoms with van der Waals surface area (Å²) in [5, 5.41) is 12.6. The highest BCUT2D eigenvalue weighted by molar-refractivity contribution is 5.78. The molecule has 0 aliphatic carbocycles. The topological polar surface area (TPSA) is 52.6 Å². The number of nitrogens with zero attached hydrogens (tertiary/aromatic N) is 1. The Labute approximate surface area is 124 Å². The van der Waals surface area contributed by atoms with Gasteiger partial charge in [-0.05, 0) is 52.6 Å². The number of rotatable bonds is 11. The fourth-order valence-electron chi connectivity index (χ4n) is 2.48. The second kappa shape index (κ2) is 9.35. The van der Waals surface area contributed by atoms with Crippen LogP contribution in [0.3, 0.4) is 0 Å². The van der Waals surface area contributed by atoms with Gasteiger partial charge < -0.3 is 10.0 Å². The van der Waals surface area contributed by atoms with Crippen LogP contribution in [0.1, 0.15) is 60.8 Å². The lowest BCUT2D eigenvalue weighted by Crippen LogP contribution is -2.52. The lowest BCUT2D eigenvalue weighted by Gasteiger charge is -2.30. The second-order valence-corrected chi connectivity index (χ2v) is 6.45. The van der Waals surface area contributed by atoms with Crippen LogP contribution >= 0.6 is 0 Å². The monoisotopic (exact) mass is 286 g/mol. The van der Waals surface area contributed by atoms with Crippen LogP contribution in [0.2, 0.25) is 0 Å². The summed E-state index contributed by atoms with van der Waals surface area (Å²) in [6, 6.07) is 0.179. The van der Waals surface area contributed by atoms with E-state index in [0.717, 1.165) is 26.1 Å². The molecule has 0 aromatic rings. The molecule has 0 aromatic carbocycles. The van der Waals surface area contributed by atoms with Crippen LogP contribution in [0, 0.1) is 5.92 Å². The maximum atomic E-state index is 11.4. The minimum atomic E-state index is -0.816. The first kappa shape index (κ1) is 19.4. The van der Waals surface area contributed by atoms with E-state index >= 15 is 0 Å². The largest absolute Gasteiger partial charge is 0.480 e. The number of hydrogen-bond acceptors (Lipinski definition) is 3. The van der Waals surface area contributed by atoms with Crippen molar-refractivity contribution in [3.8, 4) is 0 Å². The van der Waals surface area contributed by atoms with Gasteiger partial charge in [0, 0.05) is 12.6 Å².